The molecule has 0 spiro atoms. The zero-order valence-corrected chi connectivity index (χ0v) is 15.3. The van der Waals surface area contributed by atoms with E-state index < -0.39 is 0 Å². The molecule has 0 bridgehead atoms. The number of benzene rings is 2. The summed E-state index contributed by atoms with van der Waals surface area (Å²) >= 11 is 6.04. The standard InChI is InChI=1S/C20H25ClN2O2/c1-23(14-17-8-3-2-4-9-17)13-7-12-22-20(24)16-25-15-18-10-5-6-11-19(18)21/h2-6,8-11H,7,12-16H2,1H3,(H,22,24). The van der Waals surface area contributed by atoms with Gasteiger partial charge in [-0.2, -0.15) is 0 Å². The number of amides is 1. The monoisotopic (exact) mass is 360 g/mol. The lowest BCUT2D eigenvalue weighted by Gasteiger charge is -2.16. The molecule has 0 aromatic heterocycles. The Morgan fingerprint density at radius 3 is 2.60 bits per heavy atom. The van der Waals surface area contributed by atoms with Gasteiger partial charge in [0.05, 0.1) is 6.61 Å². The molecule has 2 aromatic rings. The molecular weight excluding hydrogens is 336 g/mol. The summed E-state index contributed by atoms with van der Waals surface area (Å²) in [6.07, 6.45) is 0.902. The number of nitrogens with zero attached hydrogens (tertiary/aromatic N) is 1. The van der Waals surface area contributed by atoms with E-state index in [1.54, 1.807) is 0 Å². The zero-order valence-electron chi connectivity index (χ0n) is 14.6. The van der Waals surface area contributed by atoms with Crippen LogP contribution in [0.2, 0.25) is 5.02 Å². The third-order valence-electron chi connectivity index (χ3n) is 3.78. The highest BCUT2D eigenvalue weighted by atomic mass is 35.5. The van der Waals surface area contributed by atoms with E-state index in [1.807, 2.05) is 42.5 Å². The number of halogens is 1. The van der Waals surface area contributed by atoms with E-state index in [0.29, 0.717) is 18.2 Å². The molecule has 0 heterocycles. The smallest absolute Gasteiger partial charge is 0.246 e. The van der Waals surface area contributed by atoms with Crippen molar-refractivity contribution < 1.29 is 9.53 Å². The van der Waals surface area contributed by atoms with E-state index in [4.69, 9.17) is 16.3 Å². The molecule has 0 aliphatic rings. The van der Waals surface area contributed by atoms with Crippen molar-refractivity contribution in [2.45, 2.75) is 19.6 Å². The van der Waals surface area contributed by atoms with Crippen molar-refractivity contribution in [1.29, 1.82) is 0 Å². The van der Waals surface area contributed by atoms with E-state index in [-0.39, 0.29) is 12.5 Å². The van der Waals surface area contributed by atoms with Gasteiger partial charge in [0, 0.05) is 18.1 Å². The first-order valence-corrected chi connectivity index (χ1v) is 8.83. The summed E-state index contributed by atoms with van der Waals surface area (Å²) in [7, 11) is 2.08. The minimum Gasteiger partial charge on any atom is -0.367 e. The number of carbonyl (C=O) groups is 1. The minimum absolute atomic E-state index is 0.0467. The maximum absolute atomic E-state index is 11.8. The Kier molecular flexibility index (Phi) is 8.46. The third kappa shape index (κ3) is 7.69. The Bertz CT molecular complexity index is 649. The van der Waals surface area contributed by atoms with Gasteiger partial charge >= 0.3 is 0 Å². The summed E-state index contributed by atoms with van der Waals surface area (Å²) in [5.41, 5.74) is 2.18. The molecule has 0 fully saturated rings. The molecule has 134 valence electrons. The molecule has 5 heteroatoms. The second-order valence-corrected chi connectivity index (χ2v) is 6.42. The van der Waals surface area contributed by atoms with Gasteiger partial charge < -0.3 is 15.0 Å². The normalized spacial score (nSPS) is 10.8. The van der Waals surface area contributed by atoms with Crippen molar-refractivity contribution in [2.75, 3.05) is 26.7 Å². The third-order valence-corrected chi connectivity index (χ3v) is 4.15. The quantitative estimate of drug-likeness (QED) is 0.659. The fourth-order valence-corrected chi connectivity index (χ4v) is 2.66. The maximum atomic E-state index is 11.8. The van der Waals surface area contributed by atoms with Gasteiger partial charge in [-0.05, 0) is 37.2 Å². The molecule has 0 radical (unpaired) electrons. The van der Waals surface area contributed by atoms with Gasteiger partial charge in [0.1, 0.15) is 6.61 Å². The van der Waals surface area contributed by atoms with Crippen LogP contribution in [0.1, 0.15) is 17.5 Å². The molecule has 0 aliphatic carbocycles. The Hall–Kier alpha value is -1.88. The topological polar surface area (TPSA) is 41.6 Å². The van der Waals surface area contributed by atoms with Crippen molar-refractivity contribution >= 4 is 17.5 Å². The average molecular weight is 361 g/mol. The molecule has 2 aromatic carbocycles. The molecule has 0 saturated heterocycles. The first kappa shape index (κ1) is 19.4. The van der Waals surface area contributed by atoms with Crippen LogP contribution in [-0.2, 0) is 22.7 Å². The van der Waals surface area contributed by atoms with Crippen molar-refractivity contribution in [2.24, 2.45) is 0 Å². The summed E-state index contributed by atoms with van der Waals surface area (Å²) < 4.78 is 5.41. The number of hydrogen-bond donors (Lipinski definition) is 1. The zero-order chi connectivity index (χ0) is 17.9. The number of nitrogens with one attached hydrogen (secondary N) is 1. The van der Waals surface area contributed by atoms with E-state index >= 15 is 0 Å². The fraction of sp³-hybridized carbons (Fsp3) is 0.350. The lowest BCUT2D eigenvalue weighted by atomic mass is 10.2. The van der Waals surface area contributed by atoms with Gasteiger partial charge in [0.25, 0.3) is 0 Å². The summed E-state index contributed by atoms with van der Waals surface area (Å²) in [6, 6.07) is 17.8. The van der Waals surface area contributed by atoms with Crippen LogP contribution >= 0.6 is 11.6 Å². The molecular formula is C20H25ClN2O2. The number of hydrogen-bond acceptors (Lipinski definition) is 3. The average Bonchev–Trinajstić information content (AvgIpc) is 2.61. The first-order chi connectivity index (χ1) is 12.1. The Labute approximate surface area is 154 Å². The molecule has 0 unspecified atom stereocenters. The summed E-state index contributed by atoms with van der Waals surface area (Å²) in [5, 5.41) is 3.54. The Morgan fingerprint density at radius 2 is 1.84 bits per heavy atom. The molecule has 0 atom stereocenters. The van der Waals surface area contributed by atoms with Gasteiger partial charge in [-0.25, -0.2) is 0 Å². The fourth-order valence-electron chi connectivity index (χ4n) is 2.47. The van der Waals surface area contributed by atoms with Crippen molar-refractivity contribution in [3.63, 3.8) is 0 Å². The van der Waals surface area contributed by atoms with Crippen LogP contribution in [0.3, 0.4) is 0 Å². The number of ether oxygens (including phenoxy) is 1. The molecule has 2 rings (SSSR count). The summed E-state index contributed by atoms with van der Waals surface area (Å²) in [6.45, 7) is 2.87. The van der Waals surface area contributed by atoms with Crippen molar-refractivity contribution in [3.05, 3.63) is 70.7 Å². The van der Waals surface area contributed by atoms with Gasteiger partial charge in [-0.15, -0.1) is 0 Å². The lowest BCUT2D eigenvalue weighted by Crippen LogP contribution is -2.30. The largest absolute Gasteiger partial charge is 0.367 e. The van der Waals surface area contributed by atoms with Crippen molar-refractivity contribution in [1.82, 2.24) is 10.2 Å². The van der Waals surface area contributed by atoms with E-state index in [0.717, 1.165) is 25.1 Å². The lowest BCUT2D eigenvalue weighted by molar-refractivity contribution is -0.126. The molecule has 0 aliphatic heterocycles. The Balaban J connectivity index is 1.54. The molecule has 0 saturated carbocycles. The highest BCUT2D eigenvalue weighted by Crippen LogP contribution is 2.15. The molecule has 4 nitrogen and oxygen atoms in total. The van der Waals surface area contributed by atoms with Gasteiger partial charge in [0.15, 0.2) is 0 Å². The summed E-state index contributed by atoms with van der Waals surface area (Å²) in [4.78, 5) is 14.0. The van der Waals surface area contributed by atoms with Crippen LogP contribution < -0.4 is 5.32 Å². The van der Waals surface area contributed by atoms with Gasteiger partial charge in [-0.1, -0.05) is 60.1 Å². The first-order valence-electron chi connectivity index (χ1n) is 8.45. The van der Waals surface area contributed by atoms with Crippen LogP contribution in [0.4, 0.5) is 0 Å². The van der Waals surface area contributed by atoms with E-state index in [1.165, 1.54) is 5.56 Å². The van der Waals surface area contributed by atoms with Crippen LogP contribution in [-0.4, -0.2) is 37.6 Å². The predicted octanol–water partition coefficient (Wildman–Crippen LogP) is 3.49. The number of carbonyl (C=O) groups excluding carboxylic acids is 1. The van der Waals surface area contributed by atoms with Crippen LogP contribution in [0.25, 0.3) is 0 Å². The molecule has 1 amide bonds. The molecule has 1 N–H and O–H groups in total. The molecule has 25 heavy (non-hydrogen) atoms. The number of rotatable bonds is 10. The van der Waals surface area contributed by atoms with Crippen LogP contribution in [0.15, 0.2) is 54.6 Å². The predicted molar refractivity (Wildman–Crippen MR) is 102 cm³/mol. The Morgan fingerprint density at radius 1 is 1.12 bits per heavy atom. The van der Waals surface area contributed by atoms with Gasteiger partial charge in [0.2, 0.25) is 5.91 Å². The summed E-state index contributed by atoms with van der Waals surface area (Å²) in [5.74, 6) is -0.0993. The van der Waals surface area contributed by atoms with E-state index in [9.17, 15) is 4.79 Å². The minimum atomic E-state index is -0.0993. The second kappa shape index (κ2) is 10.9. The highest BCUT2D eigenvalue weighted by Gasteiger charge is 2.04. The van der Waals surface area contributed by atoms with Gasteiger partial charge in [-0.3, -0.25) is 4.79 Å². The van der Waals surface area contributed by atoms with Crippen LogP contribution in [0.5, 0.6) is 0 Å². The SMILES string of the molecule is CN(CCCNC(=O)COCc1ccccc1Cl)Cc1ccccc1. The van der Waals surface area contributed by atoms with Crippen LogP contribution in [0, 0.1) is 0 Å². The van der Waals surface area contributed by atoms with E-state index in [2.05, 4.69) is 29.4 Å². The maximum Gasteiger partial charge on any atom is 0.246 e. The highest BCUT2D eigenvalue weighted by molar-refractivity contribution is 6.31. The second-order valence-electron chi connectivity index (χ2n) is 6.01. The van der Waals surface area contributed by atoms with Crippen molar-refractivity contribution in [3.8, 4) is 0 Å².